The molecule has 6 heteroatoms. The molecule has 140 valence electrons. The molecule has 1 aliphatic heterocycles. The Bertz CT molecular complexity index is 750. The van der Waals surface area contributed by atoms with E-state index < -0.39 is 5.82 Å². The standard InChI is InChI=1S/C20H22ClFN2O.ClH/c1-23-12-14-3-2-10-24(13-14)20(25)18-9-6-16(11-19(18)22)15-4-7-17(21)8-5-15;/h4-9,11,14,23H,2-3,10,12-13H2,1H3;1H. The molecule has 26 heavy (non-hydrogen) atoms. The highest BCUT2D eigenvalue weighted by Gasteiger charge is 2.25. The van der Waals surface area contributed by atoms with Gasteiger partial charge in [-0.3, -0.25) is 4.79 Å². The first-order valence-corrected chi connectivity index (χ1v) is 8.95. The van der Waals surface area contributed by atoms with Gasteiger partial charge in [0.2, 0.25) is 0 Å². The Balaban J connectivity index is 0.00000243. The molecule has 0 aliphatic carbocycles. The summed E-state index contributed by atoms with van der Waals surface area (Å²) in [6.07, 6.45) is 2.06. The molecule has 2 aromatic rings. The van der Waals surface area contributed by atoms with Crippen molar-refractivity contribution in [1.29, 1.82) is 0 Å². The molecule has 0 spiro atoms. The van der Waals surface area contributed by atoms with Crippen molar-refractivity contribution < 1.29 is 9.18 Å². The summed E-state index contributed by atoms with van der Waals surface area (Å²) in [6, 6.07) is 12.0. The summed E-state index contributed by atoms with van der Waals surface area (Å²) < 4.78 is 14.6. The third-order valence-electron chi connectivity index (χ3n) is 4.68. The summed E-state index contributed by atoms with van der Waals surface area (Å²) in [5.74, 6) is -0.270. The van der Waals surface area contributed by atoms with E-state index in [-0.39, 0.29) is 23.9 Å². The second-order valence-electron chi connectivity index (χ2n) is 6.52. The molecule has 1 N–H and O–H groups in total. The van der Waals surface area contributed by atoms with Crippen molar-refractivity contribution in [1.82, 2.24) is 10.2 Å². The Morgan fingerprint density at radius 2 is 1.92 bits per heavy atom. The van der Waals surface area contributed by atoms with E-state index in [0.717, 1.165) is 30.5 Å². The molecule has 3 rings (SSSR count). The lowest BCUT2D eigenvalue weighted by Gasteiger charge is -2.32. The number of nitrogens with one attached hydrogen (secondary N) is 1. The van der Waals surface area contributed by atoms with Crippen LogP contribution in [0.2, 0.25) is 5.02 Å². The van der Waals surface area contributed by atoms with Crippen LogP contribution in [-0.4, -0.2) is 37.5 Å². The lowest BCUT2D eigenvalue weighted by atomic mass is 9.97. The zero-order valence-corrected chi connectivity index (χ0v) is 16.2. The molecule has 0 radical (unpaired) electrons. The van der Waals surface area contributed by atoms with Crippen LogP contribution in [0, 0.1) is 11.7 Å². The Hall–Kier alpha value is -1.62. The highest BCUT2D eigenvalue weighted by Crippen LogP contribution is 2.25. The van der Waals surface area contributed by atoms with Crippen LogP contribution in [0.25, 0.3) is 11.1 Å². The van der Waals surface area contributed by atoms with Crippen molar-refractivity contribution >= 4 is 29.9 Å². The predicted molar refractivity (Wildman–Crippen MR) is 107 cm³/mol. The first kappa shape index (κ1) is 20.7. The van der Waals surface area contributed by atoms with Gasteiger partial charge in [-0.2, -0.15) is 0 Å². The van der Waals surface area contributed by atoms with E-state index in [0.29, 0.717) is 24.0 Å². The van der Waals surface area contributed by atoms with Crippen molar-refractivity contribution in [2.24, 2.45) is 5.92 Å². The van der Waals surface area contributed by atoms with E-state index in [1.165, 1.54) is 6.07 Å². The quantitative estimate of drug-likeness (QED) is 0.815. The average Bonchev–Trinajstić information content (AvgIpc) is 2.62. The van der Waals surface area contributed by atoms with Crippen molar-refractivity contribution in [2.75, 3.05) is 26.7 Å². The highest BCUT2D eigenvalue weighted by molar-refractivity contribution is 6.30. The van der Waals surface area contributed by atoms with Crippen molar-refractivity contribution in [2.45, 2.75) is 12.8 Å². The van der Waals surface area contributed by atoms with E-state index >= 15 is 0 Å². The number of hydrogen-bond acceptors (Lipinski definition) is 2. The second-order valence-corrected chi connectivity index (χ2v) is 6.96. The van der Waals surface area contributed by atoms with Crippen LogP contribution in [0.15, 0.2) is 42.5 Å². The highest BCUT2D eigenvalue weighted by atomic mass is 35.5. The number of carbonyl (C=O) groups is 1. The Kier molecular flexibility index (Phi) is 7.44. The lowest BCUT2D eigenvalue weighted by Crippen LogP contribution is -2.42. The fourth-order valence-electron chi connectivity index (χ4n) is 3.39. The van der Waals surface area contributed by atoms with Crippen LogP contribution in [-0.2, 0) is 0 Å². The minimum absolute atomic E-state index is 0. The summed E-state index contributed by atoms with van der Waals surface area (Å²) in [5.41, 5.74) is 1.74. The smallest absolute Gasteiger partial charge is 0.256 e. The maximum absolute atomic E-state index is 14.6. The van der Waals surface area contributed by atoms with Gasteiger partial charge in [0.1, 0.15) is 5.82 Å². The van der Waals surface area contributed by atoms with Crippen LogP contribution in [0.3, 0.4) is 0 Å². The van der Waals surface area contributed by atoms with E-state index in [1.807, 2.05) is 19.2 Å². The van der Waals surface area contributed by atoms with Gasteiger partial charge in [0, 0.05) is 18.1 Å². The summed E-state index contributed by atoms with van der Waals surface area (Å²) in [4.78, 5) is 14.5. The molecule has 2 aromatic carbocycles. The number of carbonyl (C=O) groups excluding carboxylic acids is 1. The minimum atomic E-state index is -0.479. The minimum Gasteiger partial charge on any atom is -0.338 e. The molecule has 0 bridgehead atoms. The number of nitrogens with zero attached hydrogens (tertiary/aromatic N) is 1. The van der Waals surface area contributed by atoms with Gasteiger partial charge in [-0.05, 0) is 67.7 Å². The van der Waals surface area contributed by atoms with Crippen LogP contribution in [0.1, 0.15) is 23.2 Å². The average molecular weight is 397 g/mol. The number of likely N-dealkylation sites (tertiary alicyclic amines) is 1. The SMILES string of the molecule is CNCC1CCCN(C(=O)c2ccc(-c3ccc(Cl)cc3)cc2F)C1.Cl. The zero-order valence-electron chi connectivity index (χ0n) is 14.7. The van der Waals surface area contributed by atoms with E-state index in [9.17, 15) is 9.18 Å². The molecule has 1 saturated heterocycles. The fourth-order valence-corrected chi connectivity index (χ4v) is 3.51. The van der Waals surface area contributed by atoms with Crippen LogP contribution >= 0.6 is 24.0 Å². The molecule has 0 aromatic heterocycles. The molecule has 1 fully saturated rings. The van der Waals surface area contributed by atoms with Gasteiger partial charge in [0.15, 0.2) is 0 Å². The molecule has 0 saturated carbocycles. The van der Waals surface area contributed by atoms with Gasteiger partial charge in [0.25, 0.3) is 5.91 Å². The number of amides is 1. The Morgan fingerprint density at radius 1 is 1.23 bits per heavy atom. The van der Waals surface area contributed by atoms with Crippen LogP contribution in [0.5, 0.6) is 0 Å². The van der Waals surface area contributed by atoms with E-state index in [2.05, 4.69) is 5.32 Å². The zero-order chi connectivity index (χ0) is 17.8. The predicted octanol–water partition coefficient (Wildman–Crippen LogP) is 4.64. The molecule has 3 nitrogen and oxygen atoms in total. The van der Waals surface area contributed by atoms with Gasteiger partial charge in [0.05, 0.1) is 5.56 Å². The molecule has 1 unspecified atom stereocenters. The van der Waals surface area contributed by atoms with Crippen molar-refractivity contribution in [3.63, 3.8) is 0 Å². The molecule has 1 aliphatic rings. The van der Waals surface area contributed by atoms with Gasteiger partial charge in [-0.25, -0.2) is 4.39 Å². The van der Waals surface area contributed by atoms with Crippen molar-refractivity contribution in [3.8, 4) is 11.1 Å². The van der Waals surface area contributed by atoms with Gasteiger partial charge >= 0.3 is 0 Å². The monoisotopic (exact) mass is 396 g/mol. The number of piperidine rings is 1. The second kappa shape index (κ2) is 9.36. The lowest BCUT2D eigenvalue weighted by molar-refractivity contribution is 0.0669. The first-order chi connectivity index (χ1) is 12.1. The molecule has 1 heterocycles. The number of hydrogen-bond donors (Lipinski definition) is 1. The molecular formula is C20H23Cl2FN2O. The van der Waals surface area contributed by atoms with E-state index in [1.54, 1.807) is 29.2 Å². The molecule has 1 atom stereocenters. The maximum Gasteiger partial charge on any atom is 0.256 e. The number of halogens is 3. The molecular weight excluding hydrogens is 374 g/mol. The van der Waals surface area contributed by atoms with Gasteiger partial charge in [-0.1, -0.05) is 29.8 Å². The first-order valence-electron chi connectivity index (χ1n) is 8.58. The summed E-state index contributed by atoms with van der Waals surface area (Å²) in [5, 5.41) is 3.79. The van der Waals surface area contributed by atoms with Crippen molar-refractivity contribution in [3.05, 3.63) is 58.9 Å². The summed E-state index contributed by atoms with van der Waals surface area (Å²) in [7, 11) is 1.91. The fraction of sp³-hybridized carbons (Fsp3) is 0.350. The maximum atomic E-state index is 14.6. The number of benzene rings is 2. The van der Waals surface area contributed by atoms with E-state index in [4.69, 9.17) is 11.6 Å². The summed E-state index contributed by atoms with van der Waals surface area (Å²) in [6.45, 7) is 2.25. The summed E-state index contributed by atoms with van der Waals surface area (Å²) >= 11 is 5.89. The van der Waals surface area contributed by atoms with Gasteiger partial charge < -0.3 is 10.2 Å². The number of rotatable bonds is 4. The Labute approximate surface area is 164 Å². The van der Waals surface area contributed by atoms with Gasteiger partial charge in [-0.15, -0.1) is 12.4 Å². The third kappa shape index (κ3) is 4.76. The van der Waals surface area contributed by atoms with Crippen LogP contribution in [0.4, 0.5) is 4.39 Å². The normalized spacial score (nSPS) is 16.9. The largest absolute Gasteiger partial charge is 0.338 e. The molecule has 1 amide bonds. The van der Waals surface area contributed by atoms with Crippen LogP contribution < -0.4 is 5.32 Å². The Morgan fingerprint density at radius 3 is 2.58 bits per heavy atom. The third-order valence-corrected chi connectivity index (χ3v) is 4.93. The topological polar surface area (TPSA) is 32.3 Å².